The number of hydrogen-bond donors (Lipinski definition) is 2. The predicted octanol–water partition coefficient (Wildman–Crippen LogP) is 3.87. The third kappa shape index (κ3) is 4.33. The van der Waals surface area contributed by atoms with E-state index < -0.39 is 22.2 Å². The first-order valence-electron chi connectivity index (χ1n) is 10.6. The van der Waals surface area contributed by atoms with Crippen LogP contribution in [-0.4, -0.2) is 33.6 Å². The maximum atomic E-state index is 12.9. The van der Waals surface area contributed by atoms with Crippen LogP contribution in [0.15, 0.2) is 24.3 Å². The van der Waals surface area contributed by atoms with Crippen LogP contribution in [0.3, 0.4) is 0 Å². The summed E-state index contributed by atoms with van der Waals surface area (Å²) in [5.41, 5.74) is 2.79. The molecule has 2 aromatic rings. The monoisotopic (exact) mass is 477 g/mol. The van der Waals surface area contributed by atoms with E-state index in [1.165, 1.54) is 15.6 Å². The SMILES string of the molecule is CCOC(=O)c1c(NC(=O)NS(=O)(=O)N2CCc3ccccc32)sc2c1CCC(C)(C)C2. The average Bonchev–Trinajstić information content (AvgIpc) is 3.28. The van der Waals surface area contributed by atoms with Gasteiger partial charge in [0.25, 0.3) is 0 Å². The number of nitrogens with zero attached hydrogens (tertiary/aromatic N) is 1. The van der Waals surface area contributed by atoms with Crippen molar-refractivity contribution in [2.45, 2.75) is 46.5 Å². The number of rotatable bonds is 5. The van der Waals surface area contributed by atoms with Crippen molar-refractivity contribution in [1.29, 1.82) is 0 Å². The molecular formula is C22H27N3O5S2. The number of para-hydroxylation sites is 1. The van der Waals surface area contributed by atoms with Gasteiger partial charge in [0, 0.05) is 11.4 Å². The molecule has 1 aliphatic carbocycles. The van der Waals surface area contributed by atoms with E-state index in [0.717, 1.165) is 28.8 Å². The van der Waals surface area contributed by atoms with Gasteiger partial charge in [-0.2, -0.15) is 8.42 Å². The Morgan fingerprint density at radius 1 is 1.22 bits per heavy atom. The van der Waals surface area contributed by atoms with Gasteiger partial charge in [0.15, 0.2) is 0 Å². The molecule has 2 aliphatic rings. The standard InChI is InChI=1S/C22H27N3O5S2/c1-4-30-20(26)18-15-9-11-22(2,3)13-17(15)31-19(18)23-21(27)24-32(28,29)25-12-10-14-7-5-6-8-16(14)25/h5-8H,4,9-13H2,1-3H3,(H2,23,24,27). The number of carbonyl (C=O) groups is 2. The molecule has 0 radical (unpaired) electrons. The zero-order chi connectivity index (χ0) is 23.1. The fourth-order valence-corrected chi connectivity index (χ4v) is 6.92. The second-order valence-electron chi connectivity index (χ2n) is 8.78. The Hall–Kier alpha value is -2.59. The van der Waals surface area contributed by atoms with Gasteiger partial charge in [0.2, 0.25) is 0 Å². The molecule has 0 atom stereocenters. The van der Waals surface area contributed by atoms with Crippen molar-refractivity contribution in [2.24, 2.45) is 5.41 Å². The first-order chi connectivity index (χ1) is 15.1. The van der Waals surface area contributed by atoms with Gasteiger partial charge < -0.3 is 4.74 Å². The lowest BCUT2D eigenvalue weighted by atomic mass is 9.77. The van der Waals surface area contributed by atoms with Crippen LogP contribution >= 0.6 is 11.3 Å². The molecule has 1 aromatic heterocycles. The minimum atomic E-state index is -4.10. The van der Waals surface area contributed by atoms with Crippen molar-refractivity contribution in [2.75, 3.05) is 22.8 Å². The number of carbonyl (C=O) groups excluding carboxylic acids is 2. The lowest BCUT2D eigenvalue weighted by molar-refractivity contribution is 0.0526. The molecule has 32 heavy (non-hydrogen) atoms. The molecule has 0 saturated heterocycles. The summed E-state index contributed by atoms with van der Waals surface area (Å²) in [6, 6.07) is 6.29. The fourth-order valence-electron chi connectivity index (χ4n) is 4.27. The molecule has 0 spiro atoms. The summed E-state index contributed by atoms with van der Waals surface area (Å²) in [6.07, 6.45) is 2.99. The zero-order valence-electron chi connectivity index (χ0n) is 18.4. The van der Waals surface area contributed by atoms with Crippen molar-refractivity contribution in [3.63, 3.8) is 0 Å². The molecule has 0 bridgehead atoms. The highest BCUT2D eigenvalue weighted by atomic mass is 32.2. The Labute approximate surface area is 192 Å². The van der Waals surface area contributed by atoms with E-state index in [2.05, 4.69) is 23.9 Å². The molecule has 8 nitrogen and oxygen atoms in total. The molecule has 1 aromatic carbocycles. The lowest BCUT2D eigenvalue weighted by Gasteiger charge is -2.29. The lowest BCUT2D eigenvalue weighted by Crippen LogP contribution is -2.44. The maximum absolute atomic E-state index is 12.9. The Morgan fingerprint density at radius 2 is 1.97 bits per heavy atom. The average molecular weight is 478 g/mol. The quantitative estimate of drug-likeness (QED) is 0.636. The Kier molecular flexibility index (Phi) is 5.93. The zero-order valence-corrected chi connectivity index (χ0v) is 20.0. The predicted molar refractivity (Wildman–Crippen MR) is 125 cm³/mol. The van der Waals surface area contributed by atoms with Crippen LogP contribution in [0.1, 0.15) is 53.6 Å². The summed E-state index contributed by atoms with van der Waals surface area (Å²) in [5.74, 6) is -0.503. The van der Waals surface area contributed by atoms with Gasteiger partial charge in [-0.15, -0.1) is 11.3 Å². The van der Waals surface area contributed by atoms with Crippen LogP contribution in [0.25, 0.3) is 0 Å². The summed E-state index contributed by atoms with van der Waals surface area (Å²) < 4.78 is 34.2. The van der Waals surface area contributed by atoms with E-state index in [0.29, 0.717) is 29.1 Å². The van der Waals surface area contributed by atoms with Crippen LogP contribution in [0.4, 0.5) is 15.5 Å². The molecule has 10 heteroatoms. The van der Waals surface area contributed by atoms with E-state index >= 15 is 0 Å². The molecule has 4 rings (SSSR count). The highest BCUT2D eigenvalue weighted by molar-refractivity contribution is 7.91. The molecule has 0 saturated carbocycles. The van der Waals surface area contributed by atoms with E-state index in [4.69, 9.17) is 4.74 Å². The minimum absolute atomic E-state index is 0.0931. The number of anilines is 2. The second kappa shape index (κ2) is 8.40. The van der Waals surface area contributed by atoms with E-state index in [1.807, 2.05) is 12.1 Å². The Balaban J connectivity index is 1.57. The number of fused-ring (bicyclic) bond motifs is 2. The van der Waals surface area contributed by atoms with Gasteiger partial charge in [0.05, 0.1) is 17.9 Å². The van der Waals surface area contributed by atoms with Crippen molar-refractivity contribution < 1.29 is 22.7 Å². The number of amides is 2. The van der Waals surface area contributed by atoms with Gasteiger partial charge in [-0.05, 0) is 55.2 Å². The smallest absolute Gasteiger partial charge is 0.341 e. The molecular weight excluding hydrogens is 450 g/mol. The molecule has 172 valence electrons. The minimum Gasteiger partial charge on any atom is -0.462 e. The molecule has 2 heterocycles. The van der Waals surface area contributed by atoms with E-state index in [1.54, 1.807) is 19.1 Å². The van der Waals surface area contributed by atoms with Crippen molar-refractivity contribution in [3.8, 4) is 0 Å². The summed E-state index contributed by atoms with van der Waals surface area (Å²) in [7, 11) is -4.10. The Morgan fingerprint density at radius 3 is 2.72 bits per heavy atom. The van der Waals surface area contributed by atoms with Crippen LogP contribution in [0.5, 0.6) is 0 Å². The molecule has 0 unspecified atom stereocenters. The summed E-state index contributed by atoms with van der Waals surface area (Å²) >= 11 is 1.31. The van der Waals surface area contributed by atoms with Gasteiger partial charge >= 0.3 is 22.2 Å². The van der Waals surface area contributed by atoms with E-state index in [9.17, 15) is 18.0 Å². The van der Waals surface area contributed by atoms with Crippen molar-refractivity contribution in [1.82, 2.24) is 4.72 Å². The van der Waals surface area contributed by atoms with Crippen LogP contribution in [-0.2, 0) is 34.2 Å². The van der Waals surface area contributed by atoms with Crippen LogP contribution in [0, 0.1) is 5.41 Å². The number of benzene rings is 1. The molecule has 0 fully saturated rings. The molecule has 2 amide bonds. The van der Waals surface area contributed by atoms with Gasteiger partial charge in [0.1, 0.15) is 5.00 Å². The number of nitrogens with one attached hydrogen (secondary N) is 2. The highest BCUT2D eigenvalue weighted by Gasteiger charge is 2.35. The first kappa shape index (κ1) is 22.6. The first-order valence-corrected chi connectivity index (χ1v) is 12.9. The van der Waals surface area contributed by atoms with Crippen molar-refractivity contribution >= 4 is 44.2 Å². The Bertz CT molecular complexity index is 1170. The normalized spacial score (nSPS) is 16.8. The topological polar surface area (TPSA) is 105 Å². The van der Waals surface area contributed by atoms with E-state index in [-0.39, 0.29) is 18.6 Å². The van der Waals surface area contributed by atoms with Gasteiger partial charge in [-0.1, -0.05) is 32.0 Å². The number of urea groups is 1. The number of ether oxygens (including phenoxy) is 1. The third-order valence-electron chi connectivity index (χ3n) is 5.84. The number of hydrogen-bond acceptors (Lipinski definition) is 6. The van der Waals surface area contributed by atoms with Crippen LogP contribution in [0.2, 0.25) is 0 Å². The third-order valence-corrected chi connectivity index (χ3v) is 8.39. The maximum Gasteiger partial charge on any atom is 0.341 e. The van der Waals surface area contributed by atoms with Crippen molar-refractivity contribution in [3.05, 3.63) is 45.8 Å². The second-order valence-corrected chi connectivity index (χ2v) is 11.5. The van der Waals surface area contributed by atoms with Gasteiger partial charge in [-0.25, -0.2) is 14.3 Å². The van der Waals surface area contributed by atoms with Gasteiger partial charge in [-0.3, -0.25) is 9.62 Å². The number of esters is 1. The largest absolute Gasteiger partial charge is 0.462 e. The molecule has 2 N–H and O–H groups in total. The summed E-state index contributed by atoms with van der Waals surface area (Å²) in [6.45, 7) is 6.53. The fraction of sp³-hybridized carbons (Fsp3) is 0.455. The summed E-state index contributed by atoms with van der Waals surface area (Å²) in [4.78, 5) is 26.4. The highest BCUT2D eigenvalue weighted by Crippen LogP contribution is 2.44. The molecule has 1 aliphatic heterocycles. The summed E-state index contributed by atoms with van der Waals surface area (Å²) in [5, 5.41) is 2.92. The number of thiophene rings is 1. The van der Waals surface area contributed by atoms with Crippen LogP contribution < -0.4 is 14.3 Å².